The summed E-state index contributed by atoms with van der Waals surface area (Å²) in [5.74, 6) is 0.865. The maximum atomic E-state index is 4.13. The summed E-state index contributed by atoms with van der Waals surface area (Å²) in [6.45, 7) is 2.11. The van der Waals surface area contributed by atoms with Crippen molar-refractivity contribution in [2.24, 2.45) is 0 Å². The molecule has 0 bridgehead atoms. The molecule has 0 radical (unpaired) electrons. The van der Waals surface area contributed by atoms with E-state index in [9.17, 15) is 0 Å². The molecule has 1 aromatic rings. The van der Waals surface area contributed by atoms with Crippen molar-refractivity contribution < 1.29 is 0 Å². The fourth-order valence-electron chi connectivity index (χ4n) is 0.581. The highest BCUT2D eigenvalue weighted by Gasteiger charge is 1.89. The minimum Gasteiger partial charge on any atom is -0.175 e. The van der Waals surface area contributed by atoms with Gasteiger partial charge in [0.05, 0.1) is 0 Å². The summed E-state index contributed by atoms with van der Waals surface area (Å²) < 4.78 is 0. The first-order valence-corrected chi connectivity index (χ1v) is 3.99. The Balaban J connectivity index is 2.84. The maximum Gasteiger partial charge on any atom is 0.0162 e. The zero-order chi connectivity index (χ0) is 5.98. The van der Waals surface area contributed by atoms with Crippen molar-refractivity contribution in [2.45, 2.75) is 12.7 Å². The van der Waals surface area contributed by atoms with Crippen LogP contribution in [0.1, 0.15) is 10.4 Å². The Kier molecular flexibility index (Phi) is 1.97. The van der Waals surface area contributed by atoms with Crippen molar-refractivity contribution in [3.63, 3.8) is 0 Å². The van der Waals surface area contributed by atoms with E-state index in [1.54, 1.807) is 11.3 Å². The molecular formula is C6H8S2. The minimum atomic E-state index is 0.865. The lowest BCUT2D eigenvalue weighted by Gasteiger charge is -1.79. The van der Waals surface area contributed by atoms with Gasteiger partial charge in [-0.1, -0.05) is 0 Å². The standard InChI is InChI=1S/C6H8S2/c1-5-2-6(3-7)4-8-5/h2,4,7H,3H2,1H3. The Morgan fingerprint density at radius 3 is 2.75 bits per heavy atom. The molecule has 1 aromatic heterocycles. The summed E-state index contributed by atoms with van der Waals surface area (Å²) in [5.41, 5.74) is 1.33. The Labute approximate surface area is 59.0 Å². The van der Waals surface area contributed by atoms with Gasteiger partial charge in [-0.2, -0.15) is 12.6 Å². The molecule has 44 valence electrons. The summed E-state index contributed by atoms with van der Waals surface area (Å²) >= 11 is 5.91. The van der Waals surface area contributed by atoms with Crippen LogP contribution in [0.2, 0.25) is 0 Å². The number of rotatable bonds is 1. The van der Waals surface area contributed by atoms with E-state index in [0.29, 0.717) is 0 Å². The van der Waals surface area contributed by atoms with Gasteiger partial charge in [0.2, 0.25) is 0 Å². The fourth-order valence-corrected chi connectivity index (χ4v) is 1.59. The van der Waals surface area contributed by atoms with Crippen molar-refractivity contribution in [3.8, 4) is 0 Å². The van der Waals surface area contributed by atoms with Gasteiger partial charge in [0.1, 0.15) is 0 Å². The third kappa shape index (κ3) is 1.26. The van der Waals surface area contributed by atoms with Crippen molar-refractivity contribution in [1.82, 2.24) is 0 Å². The molecule has 0 aliphatic rings. The van der Waals surface area contributed by atoms with E-state index in [0.717, 1.165) is 5.75 Å². The first-order valence-electron chi connectivity index (χ1n) is 2.48. The maximum absolute atomic E-state index is 4.13. The molecule has 0 aromatic carbocycles. The van der Waals surface area contributed by atoms with Crippen molar-refractivity contribution in [1.29, 1.82) is 0 Å². The number of hydrogen-bond donors (Lipinski definition) is 1. The lowest BCUT2D eigenvalue weighted by atomic mass is 10.3. The molecular weight excluding hydrogens is 136 g/mol. The lowest BCUT2D eigenvalue weighted by Crippen LogP contribution is -1.64. The van der Waals surface area contributed by atoms with Crippen LogP contribution >= 0.6 is 24.0 Å². The van der Waals surface area contributed by atoms with Crippen molar-refractivity contribution in [2.75, 3.05) is 0 Å². The van der Waals surface area contributed by atoms with E-state index in [1.165, 1.54) is 10.4 Å². The van der Waals surface area contributed by atoms with E-state index in [-0.39, 0.29) is 0 Å². The summed E-state index contributed by atoms with van der Waals surface area (Å²) in [6.07, 6.45) is 0. The van der Waals surface area contributed by atoms with Crippen LogP contribution < -0.4 is 0 Å². The smallest absolute Gasteiger partial charge is 0.0162 e. The summed E-state index contributed by atoms with van der Waals surface area (Å²) in [5, 5.41) is 2.14. The second-order valence-corrected chi connectivity index (χ2v) is 3.16. The Bertz CT molecular complexity index is 167. The molecule has 0 nitrogen and oxygen atoms in total. The molecule has 0 unspecified atom stereocenters. The van der Waals surface area contributed by atoms with E-state index in [4.69, 9.17) is 0 Å². The van der Waals surface area contributed by atoms with Crippen LogP contribution in [0.5, 0.6) is 0 Å². The van der Waals surface area contributed by atoms with Gasteiger partial charge in [-0.15, -0.1) is 11.3 Å². The Morgan fingerprint density at radius 2 is 2.50 bits per heavy atom. The number of thiophene rings is 1. The molecule has 0 N–H and O–H groups in total. The van der Waals surface area contributed by atoms with Crippen molar-refractivity contribution >= 4 is 24.0 Å². The molecule has 0 aliphatic carbocycles. The Morgan fingerprint density at radius 1 is 1.75 bits per heavy atom. The molecule has 0 spiro atoms. The van der Waals surface area contributed by atoms with Crippen molar-refractivity contribution in [3.05, 3.63) is 21.9 Å². The highest BCUT2D eigenvalue weighted by molar-refractivity contribution is 7.79. The molecule has 0 saturated heterocycles. The highest BCUT2D eigenvalue weighted by atomic mass is 32.1. The van der Waals surface area contributed by atoms with Crippen LogP contribution in [0.3, 0.4) is 0 Å². The molecule has 8 heavy (non-hydrogen) atoms. The third-order valence-electron chi connectivity index (χ3n) is 0.967. The monoisotopic (exact) mass is 144 g/mol. The van der Waals surface area contributed by atoms with Crippen LogP contribution in [-0.4, -0.2) is 0 Å². The number of aryl methyl sites for hydroxylation is 1. The zero-order valence-corrected chi connectivity index (χ0v) is 6.43. The van der Waals surface area contributed by atoms with E-state index in [1.807, 2.05) is 0 Å². The quantitative estimate of drug-likeness (QED) is 0.575. The molecule has 2 heteroatoms. The van der Waals surface area contributed by atoms with E-state index < -0.39 is 0 Å². The first kappa shape index (κ1) is 6.17. The van der Waals surface area contributed by atoms with Gasteiger partial charge in [0.25, 0.3) is 0 Å². The molecule has 0 atom stereocenters. The second-order valence-electron chi connectivity index (χ2n) is 1.72. The largest absolute Gasteiger partial charge is 0.175 e. The normalized spacial score (nSPS) is 9.75. The van der Waals surface area contributed by atoms with Crippen LogP contribution in [0.4, 0.5) is 0 Å². The summed E-state index contributed by atoms with van der Waals surface area (Å²) in [7, 11) is 0. The van der Waals surface area contributed by atoms with Gasteiger partial charge < -0.3 is 0 Å². The summed E-state index contributed by atoms with van der Waals surface area (Å²) in [6, 6.07) is 2.16. The van der Waals surface area contributed by atoms with Crippen LogP contribution in [0, 0.1) is 6.92 Å². The van der Waals surface area contributed by atoms with Gasteiger partial charge in [-0.25, -0.2) is 0 Å². The first-order chi connectivity index (χ1) is 3.83. The average Bonchev–Trinajstić information content (AvgIpc) is 2.14. The molecule has 1 rings (SSSR count). The molecule has 0 aliphatic heterocycles. The predicted octanol–water partition coefficient (Wildman–Crippen LogP) is 2.49. The highest BCUT2D eigenvalue weighted by Crippen LogP contribution is 2.13. The zero-order valence-electron chi connectivity index (χ0n) is 4.72. The topological polar surface area (TPSA) is 0 Å². The van der Waals surface area contributed by atoms with E-state index in [2.05, 4.69) is 31.0 Å². The fraction of sp³-hybridized carbons (Fsp3) is 0.333. The molecule has 0 fully saturated rings. The molecule has 0 saturated carbocycles. The SMILES string of the molecule is Cc1cc(CS)cs1. The minimum absolute atomic E-state index is 0.865. The lowest BCUT2D eigenvalue weighted by molar-refractivity contribution is 1.46. The third-order valence-corrected chi connectivity index (χ3v) is 2.24. The van der Waals surface area contributed by atoms with Crippen LogP contribution in [0.15, 0.2) is 11.4 Å². The van der Waals surface area contributed by atoms with Crippen LogP contribution in [0.25, 0.3) is 0 Å². The van der Waals surface area contributed by atoms with Crippen LogP contribution in [-0.2, 0) is 5.75 Å². The Hall–Kier alpha value is 0.0500. The summed E-state index contributed by atoms with van der Waals surface area (Å²) in [4.78, 5) is 1.37. The van der Waals surface area contributed by atoms with Gasteiger partial charge in [0.15, 0.2) is 0 Å². The van der Waals surface area contributed by atoms with Gasteiger partial charge in [-0.3, -0.25) is 0 Å². The second kappa shape index (κ2) is 2.55. The van der Waals surface area contributed by atoms with E-state index >= 15 is 0 Å². The van der Waals surface area contributed by atoms with Gasteiger partial charge in [0, 0.05) is 10.6 Å². The number of thiol groups is 1. The number of hydrogen-bond acceptors (Lipinski definition) is 2. The average molecular weight is 144 g/mol. The van der Waals surface area contributed by atoms with Gasteiger partial charge >= 0.3 is 0 Å². The molecule has 0 amide bonds. The predicted molar refractivity (Wildman–Crippen MR) is 41.7 cm³/mol. The van der Waals surface area contributed by atoms with Gasteiger partial charge in [-0.05, 0) is 23.9 Å². The molecule has 1 heterocycles.